The van der Waals surface area contributed by atoms with Gasteiger partial charge in [-0.05, 0) is 49.0 Å². The van der Waals surface area contributed by atoms with Gasteiger partial charge in [0.25, 0.3) is 10.0 Å². The van der Waals surface area contributed by atoms with Gasteiger partial charge in [0.05, 0.1) is 33.3 Å². The van der Waals surface area contributed by atoms with E-state index in [-0.39, 0.29) is 22.4 Å². The van der Waals surface area contributed by atoms with Crippen LogP contribution in [0.5, 0.6) is 0 Å². The Bertz CT molecular complexity index is 817. The molecule has 7 heteroatoms. The van der Waals surface area contributed by atoms with Crippen LogP contribution in [0.4, 0.5) is 0 Å². The van der Waals surface area contributed by atoms with E-state index in [1.54, 1.807) is 0 Å². The predicted octanol–water partition coefficient (Wildman–Crippen LogP) is 3.99. The van der Waals surface area contributed by atoms with Crippen molar-refractivity contribution in [2.75, 3.05) is 6.61 Å². The van der Waals surface area contributed by atoms with Crippen molar-refractivity contribution >= 4 is 33.2 Å². The van der Waals surface area contributed by atoms with Crippen LogP contribution < -0.4 is 0 Å². The normalized spacial score (nSPS) is 24.2. The topological polar surface area (TPSA) is 57.6 Å². The van der Waals surface area contributed by atoms with Crippen molar-refractivity contribution < 1.29 is 13.5 Å². The molecule has 0 spiro atoms. The van der Waals surface area contributed by atoms with Crippen LogP contribution in [0.3, 0.4) is 0 Å². The van der Waals surface area contributed by atoms with E-state index >= 15 is 0 Å². The van der Waals surface area contributed by atoms with Crippen molar-refractivity contribution in [1.82, 2.24) is 4.31 Å². The zero-order chi connectivity index (χ0) is 17.5. The average molecular weight is 388 g/mol. The summed E-state index contributed by atoms with van der Waals surface area (Å²) in [5.74, 6) is 0.257. The smallest absolute Gasteiger partial charge is 0.264 e. The van der Waals surface area contributed by atoms with Crippen molar-refractivity contribution in [2.24, 2.45) is 5.92 Å². The molecule has 0 saturated carbocycles. The molecule has 130 valence electrons. The largest absolute Gasteiger partial charge is 0.394 e. The minimum absolute atomic E-state index is 0.0794. The second-order valence-electron chi connectivity index (χ2n) is 6.25. The molecule has 0 aromatic heterocycles. The lowest BCUT2D eigenvalue weighted by atomic mass is 9.88. The predicted molar refractivity (Wildman–Crippen MR) is 95.5 cm³/mol. The van der Waals surface area contributed by atoms with Gasteiger partial charge >= 0.3 is 0 Å². The van der Waals surface area contributed by atoms with Gasteiger partial charge in [0.15, 0.2) is 0 Å². The lowest BCUT2D eigenvalue weighted by molar-refractivity contribution is 0.188. The summed E-state index contributed by atoms with van der Waals surface area (Å²) in [6.45, 7) is 1.83. The number of fused-ring (bicyclic) bond motifs is 1. The number of allylic oxidation sites excluding steroid dienone is 3. The zero-order valence-corrected chi connectivity index (χ0v) is 15.6. The third-order valence-electron chi connectivity index (χ3n) is 4.48. The quantitative estimate of drug-likeness (QED) is 0.852. The molecule has 4 nitrogen and oxygen atoms in total. The van der Waals surface area contributed by atoms with Crippen LogP contribution in [0.25, 0.3) is 0 Å². The molecule has 1 aliphatic heterocycles. The maximum absolute atomic E-state index is 13.2. The standard InChI is InChI=1S/C17H19Cl2NO3S/c1-11-2-3-12-4-5-13(10-21)20(17(12)8-11)24(22,23)14-6-7-15(18)16(19)9-14/h3,6-9,11,13,21H,2,4-5,10H2,1H3. The van der Waals surface area contributed by atoms with Crippen LogP contribution in [-0.2, 0) is 10.0 Å². The van der Waals surface area contributed by atoms with Crippen LogP contribution in [-0.4, -0.2) is 30.5 Å². The molecule has 1 fully saturated rings. The van der Waals surface area contributed by atoms with Gasteiger partial charge in [-0.15, -0.1) is 0 Å². The van der Waals surface area contributed by atoms with Crippen molar-refractivity contribution in [3.63, 3.8) is 0 Å². The second-order valence-corrected chi connectivity index (χ2v) is 8.88. The fourth-order valence-corrected chi connectivity index (χ4v) is 5.30. The third kappa shape index (κ3) is 3.10. The molecular formula is C17H19Cl2NO3S. The first-order valence-corrected chi connectivity index (χ1v) is 10.1. The Labute approximate surface area is 152 Å². The molecule has 1 saturated heterocycles. The van der Waals surface area contributed by atoms with E-state index in [9.17, 15) is 13.5 Å². The number of rotatable bonds is 3. The van der Waals surface area contributed by atoms with Gasteiger partial charge in [-0.1, -0.05) is 42.3 Å². The van der Waals surface area contributed by atoms with Gasteiger partial charge in [-0.2, -0.15) is 0 Å². The van der Waals surface area contributed by atoms with E-state index in [2.05, 4.69) is 6.08 Å². The summed E-state index contributed by atoms with van der Waals surface area (Å²) >= 11 is 11.9. The molecule has 1 aromatic rings. The average Bonchev–Trinajstić information content (AvgIpc) is 2.55. The van der Waals surface area contributed by atoms with Gasteiger partial charge in [-0.3, -0.25) is 4.31 Å². The summed E-state index contributed by atoms with van der Waals surface area (Å²) in [6, 6.07) is 3.81. The van der Waals surface area contributed by atoms with Gasteiger partial charge in [0.2, 0.25) is 0 Å². The SMILES string of the molecule is CC1C=C2C(=CC1)CCC(CO)N2S(=O)(=O)c1ccc(Cl)c(Cl)c1. The highest BCUT2D eigenvalue weighted by molar-refractivity contribution is 7.89. The molecule has 2 unspecified atom stereocenters. The van der Waals surface area contributed by atoms with Crippen molar-refractivity contribution in [1.29, 1.82) is 0 Å². The molecule has 0 bridgehead atoms. The van der Waals surface area contributed by atoms with Crippen LogP contribution in [0.1, 0.15) is 26.2 Å². The van der Waals surface area contributed by atoms with Crippen LogP contribution >= 0.6 is 23.2 Å². The minimum Gasteiger partial charge on any atom is -0.394 e. The van der Waals surface area contributed by atoms with Crippen molar-refractivity contribution in [2.45, 2.75) is 37.1 Å². The van der Waals surface area contributed by atoms with Gasteiger partial charge in [-0.25, -0.2) is 8.42 Å². The van der Waals surface area contributed by atoms with Gasteiger partial charge < -0.3 is 5.11 Å². The number of benzene rings is 1. The molecular weight excluding hydrogens is 369 g/mol. The maximum atomic E-state index is 13.2. The molecule has 1 N–H and O–H groups in total. The first-order valence-electron chi connectivity index (χ1n) is 7.86. The molecule has 0 amide bonds. The Kier molecular flexibility index (Phi) is 4.98. The van der Waals surface area contributed by atoms with Gasteiger partial charge in [0, 0.05) is 0 Å². The summed E-state index contributed by atoms with van der Waals surface area (Å²) in [5.41, 5.74) is 1.71. The lowest BCUT2D eigenvalue weighted by Crippen LogP contribution is -2.45. The molecule has 2 aliphatic rings. The highest BCUT2D eigenvalue weighted by Crippen LogP contribution is 2.39. The van der Waals surface area contributed by atoms with E-state index < -0.39 is 16.1 Å². The number of aliphatic hydroxyl groups is 1. The molecule has 24 heavy (non-hydrogen) atoms. The summed E-state index contributed by atoms with van der Waals surface area (Å²) in [5, 5.41) is 10.2. The highest BCUT2D eigenvalue weighted by Gasteiger charge is 2.38. The van der Waals surface area contributed by atoms with Crippen LogP contribution in [0.15, 0.2) is 46.5 Å². The van der Waals surface area contributed by atoms with Gasteiger partial charge in [0.1, 0.15) is 0 Å². The van der Waals surface area contributed by atoms with Crippen LogP contribution in [0.2, 0.25) is 10.0 Å². The molecule has 1 aliphatic carbocycles. The monoisotopic (exact) mass is 387 g/mol. The summed E-state index contributed by atoms with van der Waals surface area (Å²) in [4.78, 5) is 0.0794. The summed E-state index contributed by atoms with van der Waals surface area (Å²) < 4.78 is 27.8. The number of aliphatic hydroxyl groups excluding tert-OH is 1. The number of nitrogens with zero attached hydrogens (tertiary/aromatic N) is 1. The Morgan fingerprint density at radius 1 is 1.29 bits per heavy atom. The number of hydrogen-bond acceptors (Lipinski definition) is 3. The number of piperidine rings is 1. The second kappa shape index (κ2) is 6.71. The van der Waals surface area contributed by atoms with E-state index in [1.165, 1.54) is 22.5 Å². The molecule has 1 aromatic carbocycles. The van der Waals surface area contributed by atoms with E-state index in [1.807, 2.05) is 13.0 Å². The summed E-state index contributed by atoms with van der Waals surface area (Å²) in [6.07, 6.45) is 6.35. The lowest BCUT2D eigenvalue weighted by Gasteiger charge is -2.40. The fraction of sp³-hybridized carbons (Fsp3) is 0.412. The molecule has 2 atom stereocenters. The minimum atomic E-state index is -3.84. The summed E-state index contributed by atoms with van der Waals surface area (Å²) in [7, 11) is -3.84. The molecule has 3 rings (SSSR count). The first kappa shape index (κ1) is 17.8. The third-order valence-corrected chi connectivity index (χ3v) is 7.08. The van der Waals surface area contributed by atoms with E-state index in [0.29, 0.717) is 17.1 Å². The Morgan fingerprint density at radius 2 is 2.04 bits per heavy atom. The zero-order valence-electron chi connectivity index (χ0n) is 13.2. The number of sulfonamides is 1. The first-order chi connectivity index (χ1) is 11.3. The Hall–Kier alpha value is -1.01. The fourth-order valence-electron chi connectivity index (χ4n) is 3.20. The van der Waals surface area contributed by atoms with Crippen molar-refractivity contribution in [3.05, 3.63) is 51.7 Å². The highest BCUT2D eigenvalue weighted by atomic mass is 35.5. The Morgan fingerprint density at radius 3 is 2.71 bits per heavy atom. The number of halogens is 2. The van der Waals surface area contributed by atoms with Crippen molar-refractivity contribution in [3.8, 4) is 0 Å². The van der Waals surface area contributed by atoms with E-state index in [4.69, 9.17) is 23.2 Å². The molecule has 0 radical (unpaired) electrons. The number of hydrogen-bond donors (Lipinski definition) is 1. The van der Waals surface area contributed by atoms with E-state index in [0.717, 1.165) is 18.4 Å². The maximum Gasteiger partial charge on any atom is 0.264 e. The van der Waals surface area contributed by atoms with Crippen LogP contribution in [0, 0.1) is 5.92 Å². The molecule has 1 heterocycles. The Balaban J connectivity index is 2.11.